The van der Waals surface area contributed by atoms with E-state index in [0.29, 0.717) is 56.5 Å². The predicted molar refractivity (Wildman–Crippen MR) is 166 cm³/mol. The molecule has 1 unspecified atom stereocenters. The number of amides is 2. The number of rotatable bonds is 11. The number of aromatic nitrogens is 1. The molecule has 47 heavy (non-hydrogen) atoms. The molecule has 5 rings (SSSR count). The van der Waals surface area contributed by atoms with Crippen molar-refractivity contribution in [3.8, 4) is 34.5 Å². The molecule has 1 aliphatic rings. The van der Waals surface area contributed by atoms with Crippen molar-refractivity contribution in [1.82, 2.24) is 9.99 Å². The van der Waals surface area contributed by atoms with E-state index < -0.39 is 30.7 Å². The molecule has 2 amide bonds. The summed E-state index contributed by atoms with van der Waals surface area (Å²) in [6, 6.07) is 11.8. The van der Waals surface area contributed by atoms with Crippen LogP contribution in [0.25, 0.3) is 10.2 Å². The topological polar surface area (TPSA) is 130 Å². The average Bonchev–Trinajstić information content (AvgIpc) is 3.66. The fourth-order valence-electron chi connectivity index (χ4n) is 4.95. The monoisotopic (exact) mass is 674 g/mol. The first-order chi connectivity index (χ1) is 22.4. The van der Waals surface area contributed by atoms with E-state index in [4.69, 9.17) is 23.7 Å². The second-order valence-corrected chi connectivity index (χ2v) is 11.0. The lowest BCUT2D eigenvalue weighted by atomic mass is 9.97. The number of hydrogen-bond acceptors (Lipinski definition) is 11. The van der Waals surface area contributed by atoms with Crippen LogP contribution >= 0.6 is 11.3 Å². The lowest BCUT2D eigenvalue weighted by Gasteiger charge is -2.21. The smallest absolute Gasteiger partial charge is 0.493 e. The molecule has 0 fully saturated rings. The molecule has 12 nitrogen and oxygen atoms in total. The van der Waals surface area contributed by atoms with E-state index in [1.165, 1.54) is 52.5 Å². The normalized spacial score (nSPS) is 14.4. The van der Waals surface area contributed by atoms with Gasteiger partial charge in [0.05, 0.1) is 50.4 Å². The summed E-state index contributed by atoms with van der Waals surface area (Å²) in [5.41, 5.74) is 2.34. The molecule has 0 aliphatic carbocycles. The Morgan fingerprint density at radius 1 is 0.936 bits per heavy atom. The summed E-state index contributed by atoms with van der Waals surface area (Å²) in [7, 11) is 5.97. The summed E-state index contributed by atoms with van der Waals surface area (Å²) >= 11 is 0.979. The van der Waals surface area contributed by atoms with Crippen LogP contribution in [0.5, 0.6) is 34.5 Å². The Balaban J connectivity index is 1.32. The minimum absolute atomic E-state index is 0.165. The maximum absolute atomic E-state index is 12.8. The number of hydrazone groups is 1. The molecule has 0 saturated carbocycles. The Labute approximate surface area is 270 Å². The molecule has 4 aromatic rings. The molecule has 0 saturated heterocycles. The first kappa shape index (κ1) is 33.1. The quantitative estimate of drug-likeness (QED) is 0.205. The third-order valence-electron chi connectivity index (χ3n) is 7.00. The van der Waals surface area contributed by atoms with Gasteiger partial charge in [0.1, 0.15) is 5.75 Å². The maximum atomic E-state index is 12.8. The van der Waals surface area contributed by atoms with Crippen LogP contribution < -0.4 is 33.7 Å². The fraction of sp³-hybridized carbons (Fsp3) is 0.290. The van der Waals surface area contributed by atoms with Gasteiger partial charge in [0.25, 0.3) is 5.91 Å². The molecule has 0 spiro atoms. The number of benzene rings is 3. The first-order valence-corrected chi connectivity index (χ1v) is 14.7. The van der Waals surface area contributed by atoms with Crippen LogP contribution in [0.3, 0.4) is 0 Å². The number of anilines is 1. The van der Waals surface area contributed by atoms with Gasteiger partial charge in [-0.25, -0.2) is 9.99 Å². The van der Waals surface area contributed by atoms with Crippen molar-refractivity contribution in [3.05, 3.63) is 59.7 Å². The van der Waals surface area contributed by atoms with Crippen molar-refractivity contribution in [2.75, 3.05) is 40.4 Å². The van der Waals surface area contributed by atoms with Crippen molar-refractivity contribution < 1.29 is 51.2 Å². The molecule has 1 atom stereocenters. The van der Waals surface area contributed by atoms with Crippen molar-refractivity contribution in [2.45, 2.75) is 25.7 Å². The van der Waals surface area contributed by atoms with Crippen LogP contribution in [0.4, 0.5) is 18.3 Å². The molecule has 0 bridgehead atoms. The fourth-order valence-corrected chi connectivity index (χ4v) is 5.86. The summed E-state index contributed by atoms with van der Waals surface area (Å²) in [6.07, 6.45) is -4.49. The SMILES string of the molecule is COc1ccc(C2CC(c3cc(OC)c(OC)c(OC)c3)=NN2C(C)=O)cc1OCC(=O)Nc1nc2ccc(OC(F)(F)F)cc2s1. The largest absolute Gasteiger partial charge is 0.573 e. The van der Waals surface area contributed by atoms with Crippen LogP contribution in [0, 0.1) is 0 Å². The van der Waals surface area contributed by atoms with Crippen molar-refractivity contribution in [1.29, 1.82) is 0 Å². The van der Waals surface area contributed by atoms with Gasteiger partial charge < -0.3 is 28.4 Å². The van der Waals surface area contributed by atoms with E-state index in [1.807, 2.05) is 0 Å². The summed E-state index contributed by atoms with van der Waals surface area (Å²) < 4.78 is 69.7. The summed E-state index contributed by atoms with van der Waals surface area (Å²) in [5, 5.41) is 8.72. The van der Waals surface area contributed by atoms with E-state index in [9.17, 15) is 22.8 Å². The number of thiazole rings is 1. The molecule has 1 aromatic heterocycles. The highest BCUT2D eigenvalue weighted by atomic mass is 32.1. The van der Waals surface area contributed by atoms with Gasteiger partial charge in [-0.3, -0.25) is 14.9 Å². The van der Waals surface area contributed by atoms with Gasteiger partial charge in [0.2, 0.25) is 11.7 Å². The second kappa shape index (κ2) is 13.6. The maximum Gasteiger partial charge on any atom is 0.573 e. The number of carbonyl (C=O) groups excluding carboxylic acids is 2. The number of methoxy groups -OCH3 is 4. The van der Waals surface area contributed by atoms with Gasteiger partial charge in [-0.15, -0.1) is 13.2 Å². The zero-order valence-electron chi connectivity index (χ0n) is 25.8. The Kier molecular flexibility index (Phi) is 9.60. The second-order valence-electron chi connectivity index (χ2n) is 9.99. The Morgan fingerprint density at radius 2 is 1.64 bits per heavy atom. The zero-order chi connectivity index (χ0) is 33.9. The number of hydrogen-bond donors (Lipinski definition) is 1. The number of ether oxygens (including phenoxy) is 6. The molecule has 1 aliphatic heterocycles. The average molecular weight is 675 g/mol. The highest BCUT2D eigenvalue weighted by Crippen LogP contribution is 2.42. The Morgan fingerprint density at radius 3 is 2.26 bits per heavy atom. The Hall–Kier alpha value is -5.25. The van der Waals surface area contributed by atoms with Crippen LogP contribution in [0.1, 0.15) is 30.5 Å². The molecule has 1 N–H and O–H groups in total. The van der Waals surface area contributed by atoms with E-state index >= 15 is 0 Å². The van der Waals surface area contributed by atoms with Crippen LogP contribution in [-0.2, 0) is 9.59 Å². The van der Waals surface area contributed by atoms with Crippen LogP contribution in [0.2, 0.25) is 0 Å². The number of halogens is 3. The molecular formula is C31H29F3N4O8S. The van der Waals surface area contributed by atoms with E-state index in [1.54, 1.807) is 30.3 Å². The van der Waals surface area contributed by atoms with Gasteiger partial charge in [-0.2, -0.15) is 5.10 Å². The number of nitrogens with one attached hydrogen (secondary N) is 1. The third-order valence-corrected chi connectivity index (χ3v) is 7.94. The van der Waals surface area contributed by atoms with Crippen LogP contribution in [0.15, 0.2) is 53.6 Å². The molecule has 2 heterocycles. The first-order valence-electron chi connectivity index (χ1n) is 13.9. The summed E-state index contributed by atoms with van der Waals surface area (Å²) in [4.78, 5) is 29.7. The number of fused-ring (bicyclic) bond motifs is 1. The molecule has 16 heteroatoms. The van der Waals surface area contributed by atoms with Gasteiger partial charge in [-0.05, 0) is 42.0 Å². The minimum atomic E-state index is -4.83. The highest BCUT2D eigenvalue weighted by molar-refractivity contribution is 7.22. The third kappa shape index (κ3) is 7.43. The van der Waals surface area contributed by atoms with E-state index in [-0.39, 0.29) is 16.8 Å². The van der Waals surface area contributed by atoms with E-state index in [2.05, 4.69) is 20.1 Å². The molecule has 248 valence electrons. The predicted octanol–water partition coefficient (Wildman–Crippen LogP) is 5.94. The summed E-state index contributed by atoms with van der Waals surface area (Å²) in [5.74, 6) is 0.629. The Bertz CT molecular complexity index is 1820. The van der Waals surface area contributed by atoms with Crippen molar-refractivity contribution in [2.24, 2.45) is 5.10 Å². The standard InChI is InChI=1S/C31H29F3N4O8S/c1-16(39)38-22(14-21(37-38)18-11-25(42-3)29(44-5)26(12-18)43-4)17-6-9-23(41-2)24(10-17)45-15-28(40)36-30-35-20-8-7-19(13-27(20)47-30)46-31(32,33)34/h6-13,22H,14-15H2,1-5H3,(H,35,36,40). The number of nitrogens with zero attached hydrogens (tertiary/aromatic N) is 3. The van der Waals surface area contributed by atoms with E-state index in [0.717, 1.165) is 17.4 Å². The van der Waals surface area contributed by atoms with Gasteiger partial charge in [0, 0.05) is 25.0 Å². The molecule has 3 aromatic carbocycles. The molecule has 0 radical (unpaired) electrons. The van der Waals surface area contributed by atoms with Gasteiger partial charge in [-0.1, -0.05) is 17.4 Å². The van der Waals surface area contributed by atoms with Gasteiger partial charge in [0.15, 0.2) is 34.7 Å². The lowest BCUT2D eigenvalue weighted by Crippen LogP contribution is -2.24. The highest BCUT2D eigenvalue weighted by Gasteiger charge is 2.33. The minimum Gasteiger partial charge on any atom is -0.493 e. The van der Waals surface area contributed by atoms with Crippen molar-refractivity contribution >= 4 is 44.2 Å². The summed E-state index contributed by atoms with van der Waals surface area (Å²) in [6.45, 7) is 0.971. The van der Waals surface area contributed by atoms with Crippen molar-refractivity contribution in [3.63, 3.8) is 0 Å². The number of carbonyl (C=O) groups is 2. The lowest BCUT2D eigenvalue weighted by molar-refractivity contribution is -0.274. The zero-order valence-corrected chi connectivity index (χ0v) is 26.6. The number of alkyl halides is 3. The van der Waals surface area contributed by atoms with Gasteiger partial charge >= 0.3 is 6.36 Å². The molecular weight excluding hydrogens is 645 g/mol. The van der Waals surface area contributed by atoms with Crippen LogP contribution in [-0.4, -0.2) is 68.9 Å².